The molecule has 6 nitrogen and oxygen atoms in total. The Kier molecular flexibility index (Phi) is 2.76. The molecule has 0 radical (unpaired) electrons. The molecule has 17 heavy (non-hydrogen) atoms. The predicted molar refractivity (Wildman–Crippen MR) is 62.6 cm³/mol. The van der Waals surface area contributed by atoms with Crippen LogP contribution in [0.2, 0.25) is 0 Å². The van der Waals surface area contributed by atoms with Crippen LogP contribution in [0.25, 0.3) is 0 Å². The van der Waals surface area contributed by atoms with Gasteiger partial charge < -0.3 is 10.2 Å². The van der Waals surface area contributed by atoms with Gasteiger partial charge in [0.1, 0.15) is 5.75 Å². The summed E-state index contributed by atoms with van der Waals surface area (Å²) in [5.41, 5.74) is 0.380. The number of benzene rings is 1. The van der Waals surface area contributed by atoms with E-state index >= 15 is 0 Å². The summed E-state index contributed by atoms with van der Waals surface area (Å²) in [6.07, 6.45) is -1.29. The molecular weight excluding hydrogens is 244 g/mol. The van der Waals surface area contributed by atoms with Crippen LogP contribution in [0.15, 0.2) is 18.2 Å². The van der Waals surface area contributed by atoms with E-state index < -0.39 is 22.5 Å². The molecule has 0 saturated carbocycles. The van der Waals surface area contributed by atoms with E-state index in [1.54, 1.807) is 26.0 Å². The highest BCUT2D eigenvalue weighted by Crippen LogP contribution is 2.39. The number of nitrogens with one attached hydrogen (secondary N) is 1. The zero-order chi connectivity index (χ0) is 12.8. The third kappa shape index (κ3) is 1.86. The molecule has 3 N–H and O–H groups in total. The van der Waals surface area contributed by atoms with Crippen molar-refractivity contribution < 1.29 is 18.6 Å². The topological polar surface area (TPSA) is 89.9 Å². The van der Waals surface area contributed by atoms with Gasteiger partial charge in [0.25, 0.3) is 0 Å². The highest BCUT2D eigenvalue weighted by molar-refractivity contribution is 7.90. The quantitative estimate of drug-likeness (QED) is 0.649. The second kappa shape index (κ2) is 3.86. The largest absolute Gasteiger partial charge is 0.506 e. The van der Waals surface area contributed by atoms with E-state index in [0.29, 0.717) is 5.56 Å². The van der Waals surface area contributed by atoms with Gasteiger partial charge in [0.15, 0.2) is 6.23 Å². The number of hydrogen-bond donors (Lipinski definition) is 3. The second-order valence-electron chi connectivity index (χ2n) is 4.15. The second-order valence-corrected chi connectivity index (χ2v) is 5.72. The summed E-state index contributed by atoms with van der Waals surface area (Å²) >= 11 is 0. The molecular formula is C10H14N2O4S. The van der Waals surface area contributed by atoms with Crippen molar-refractivity contribution in [1.29, 1.82) is 0 Å². The standard InChI is InChI=1S/C10H14N2O4S/c1-6(2)12-10(14)7-4-3-5-8(13)9(7)11-17(12,15)16/h3-6,10-11,13-14H,1-2H3. The third-order valence-electron chi connectivity index (χ3n) is 2.61. The number of aliphatic hydroxyl groups is 1. The number of fused-ring (bicyclic) bond motifs is 1. The Labute approximate surface area is 99.7 Å². The summed E-state index contributed by atoms with van der Waals surface area (Å²) in [7, 11) is -3.83. The van der Waals surface area contributed by atoms with Crippen molar-refractivity contribution in [2.75, 3.05) is 4.72 Å². The molecule has 1 unspecified atom stereocenters. The number of aromatic hydroxyl groups is 1. The monoisotopic (exact) mass is 258 g/mol. The molecule has 1 aromatic carbocycles. The van der Waals surface area contributed by atoms with Crippen LogP contribution >= 0.6 is 0 Å². The maximum atomic E-state index is 11.9. The molecule has 1 aliphatic rings. The molecule has 7 heteroatoms. The average Bonchev–Trinajstić information content (AvgIpc) is 2.18. The van der Waals surface area contributed by atoms with Crippen LogP contribution in [0.5, 0.6) is 5.75 Å². The molecule has 0 fully saturated rings. The average molecular weight is 258 g/mol. The van der Waals surface area contributed by atoms with Crippen molar-refractivity contribution >= 4 is 15.9 Å². The lowest BCUT2D eigenvalue weighted by Crippen LogP contribution is -2.46. The first-order valence-electron chi connectivity index (χ1n) is 5.16. The van der Waals surface area contributed by atoms with Crippen molar-refractivity contribution in [3.8, 4) is 5.75 Å². The van der Waals surface area contributed by atoms with Gasteiger partial charge in [0, 0.05) is 11.6 Å². The first-order chi connectivity index (χ1) is 7.84. The fourth-order valence-electron chi connectivity index (χ4n) is 1.89. The van der Waals surface area contributed by atoms with Crippen molar-refractivity contribution in [3.05, 3.63) is 23.8 Å². The number of hydrogen-bond acceptors (Lipinski definition) is 4. The van der Waals surface area contributed by atoms with Gasteiger partial charge in [-0.2, -0.15) is 12.7 Å². The molecule has 0 amide bonds. The minimum atomic E-state index is -3.83. The summed E-state index contributed by atoms with van der Waals surface area (Å²) in [6, 6.07) is 4.09. The van der Waals surface area contributed by atoms with E-state index in [0.717, 1.165) is 4.31 Å². The van der Waals surface area contributed by atoms with Crippen LogP contribution in [0.3, 0.4) is 0 Å². The molecule has 1 atom stereocenters. The number of phenols is 1. The molecule has 1 aliphatic heterocycles. The van der Waals surface area contributed by atoms with E-state index in [-0.39, 0.29) is 11.4 Å². The Balaban J connectivity index is 2.62. The summed E-state index contributed by atoms with van der Waals surface area (Å²) in [5.74, 6) is -0.200. The molecule has 0 bridgehead atoms. The molecule has 0 spiro atoms. The highest BCUT2D eigenvalue weighted by Gasteiger charge is 2.39. The fraction of sp³-hybridized carbons (Fsp3) is 0.400. The van der Waals surface area contributed by atoms with Crippen LogP contribution in [0.1, 0.15) is 25.6 Å². The Morgan fingerprint density at radius 1 is 1.41 bits per heavy atom. The van der Waals surface area contributed by atoms with Crippen molar-refractivity contribution in [3.63, 3.8) is 0 Å². The van der Waals surface area contributed by atoms with Crippen LogP contribution in [-0.4, -0.2) is 29.0 Å². The number of nitrogens with zero attached hydrogens (tertiary/aromatic N) is 1. The summed E-state index contributed by atoms with van der Waals surface area (Å²) in [6.45, 7) is 3.33. The SMILES string of the molecule is CC(C)N1C(O)c2cccc(O)c2NS1(=O)=O. The van der Waals surface area contributed by atoms with Crippen LogP contribution in [0.4, 0.5) is 5.69 Å². The van der Waals surface area contributed by atoms with Crippen molar-refractivity contribution in [1.82, 2.24) is 4.31 Å². The zero-order valence-electron chi connectivity index (χ0n) is 9.45. The smallest absolute Gasteiger partial charge is 0.304 e. The Hall–Kier alpha value is -1.31. The molecule has 1 heterocycles. The fourth-order valence-corrected chi connectivity index (χ4v) is 3.41. The van der Waals surface area contributed by atoms with Gasteiger partial charge in [0.05, 0.1) is 5.69 Å². The van der Waals surface area contributed by atoms with Crippen molar-refractivity contribution in [2.45, 2.75) is 26.1 Å². The minimum Gasteiger partial charge on any atom is -0.506 e. The summed E-state index contributed by atoms with van der Waals surface area (Å²) in [4.78, 5) is 0. The van der Waals surface area contributed by atoms with E-state index in [1.165, 1.54) is 6.07 Å². The lowest BCUT2D eigenvalue weighted by molar-refractivity contribution is 0.0440. The Morgan fingerprint density at radius 2 is 2.06 bits per heavy atom. The van der Waals surface area contributed by atoms with Crippen LogP contribution < -0.4 is 4.72 Å². The molecule has 0 aromatic heterocycles. The third-order valence-corrected chi connectivity index (χ3v) is 4.25. The zero-order valence-corrected chi connectivity index (χ0v) is 10.3. The van der Waals surface area contributed by atoms with Crippen LogP contribution in [-0.2, 0) is 10.2 Å². The van der Waals surface area contributed by atoms with Gasteiger partial charge in [-0.1, -0.05) is 12.1 Å². The lowest BCUT2D eigenvalue weighted by Gasteiger charge is -2.36. The summed E-state index contributed by atoms with van der Waals surface area (Å²) in [5, 5.41) is 19.6. The number of para-hydroxylation sites is 1. The van der Waals surface area contributed by atoms with Gasteiger partial charge in [-0.3, -0.25) is 4.72 Å². The Morgan fingerprint density at radius 3 is 2.65 bits per heavy atom. The first kappa shape index (κ1) is 12.2. The summed E-state index contributed by atoms with van der Waals surface area (Å²) < 4.78 is 27.0. The highest BCUT2D eigenvalue weighted by atomic mass is 32.2. The maximum absolute atomic E-state index is 11.9. The van der Waals surface area contributed by atoms with Gasteiger partial charge in [-0.05, 0) is 19.9 Å². The van der Waals surface area contributed by atoms with E-state index in [2.05, 4.69) is 4.72 Å². The normalized spacial score (nSPS) is 23.2. The molecule has 0 aliphatic carbocycles. The van der Waals surface area contributed by atoms with Gasteiger partial charge >= 0.3 is 10.2 Å². The first-order valence-corrected chi connectivity index (χ1v) is 6.60. The minimum absolute atomic E-state index is 0.0388. The van der Waals surface area contributed by atoms with Gasteiger partial charge in [-0.15, -0.1) is 0 Å². The number of rotatable bonds is 1. The lowest BCUT2D eigenvalue weighted by atomic mass is 10.1. The van der Waals surface area contributed by atoms with E-state index in [9.17, 15) is 18.6 Å². The van der Waals surface area contributed by atoms with Crippen molar-refractivity contribution in [2.24, 2.45) is 0 Å². The number of aliphatic hydroxyl groups excluding tert-OH is 1. The van der Waals surface area contributed by atoms with Crippen LogP contribution in [0, 0.1) is 0 Å². The molecule has 2 rings (SSSR count). The van der Waals surface area contributed by atoms with E-state index in [1.807, 2.05) is 0 Å². The number of anilines is 1. The maximum Gasteiger partial charge on any atom is 0.304 e. The van der Waals surface area contributed by atoms with Gasteiger partial charge in [0.2, 0.25) is 0 Å². The van der Waals surface area contributed by atoms with Gasteiger partial charge in [-0.25, -0.2) is 0 Å². The predicted octanol–water partition coefficient (Wildman–Crippen LogP) is 0.764. The Bertz CT molecular complexity index is 541. The molecule has 94 valence electrons. The molecule has 1 aromatic rings. The number of phenolic OH excluding ortho intramolecular Hbond substituents is 1. The molecule has 0 saturated heterocycles. The van der Waals surface area contributed by atoms with E-state index in [4.69, 9.17) is 0 Å².